The van der Waals surface area contributed by atoms with E-state index in [1.807, 2.05) is 47.2 Å². The SMILES string of the molecule is COCCN(Cc1ccsc1)S(=O)(=O)c1cccc2ccccc12. The van der Waals surface area contributed by atoms with Crippen LogP contribution in [-0.2, 0) is 21.3 Å². The number of thiophene rings is 1. The Morgan fingerprint density at radius 2 is 1.88 bits per heavy atom. The largest absolute Gasteiger partial charge is 0.383 e. The van der Waals surface area contributed by atoms with Crippen molar-refractivity contribution in [2.24, 2.45) is 0 Å². The molecule has 6 heteroatoms. The number of nitrogens with zero attached hydrogens (tertiary/aromatic N) is 1. The van der Waals surface area contributed by atoms with Gasteiger partial charge < -0.3 is 4.74 Å². The standard InChI is InChI=1S/C18H19NO3S2/c1-22-11-10-19(13-15-9-12-23-14-15)24(20,21)18-8-4-6-16-5-2-3-7-17(16)18/h2-9,12,14H,10-11,13H2,1H3. The van der Waals surface area contributed by atoms with E-state index in [4.69, 9.17) is 4.74 Å². The zero-order valence-corrected chi connectivity index (χ0v) is 15.0. The monoisotopic (exact) mass is 361 g/mol. The number of hydrogen-bond acceptors (Lipinski definition) is 4. The van der Waals surface area contributed by atoms with Gasteiger partial charge in [-0.3, -0.25) is 0 Å². The van der Waals surface area contributed by atoms with Crippen molar-refractivity contribution >= 4 is 32.1 Å². The average molecular weight is 361 g/mol. The number of methoxy groups -OCH3 is 1. The number of benzene rings is 2. The maximum Gasteiger partial charge on any atom is 0.244 e. The third-order valence-electron chi connectivity index (χ3n) is 3.85. The van der Waals surface area contributed by atoms with E-state index in [0.717, 1.165) is 16.3 Å². The van der Waals surface area contributed by atoms with E-state index >= 15 is 0 Å². The summed E-state index contributed by atoms with van der Waals surface area (Å²) >= 11 is 1.56. The molecule has 0 aliphatic heterocycles. The molecule has 3 rings (SSSR count). The number of rotatable bonds is 7. The Balaban J connectivity index is 2.03. The van der Waals surface area contributed by atoms with E-state index in [1.54, 1.807) is 30.6 Å². The highest BCUT2D eigenvalue weighted by molar-refractivity contribution is 7.89. The molecule has 0 aliphatic carbocycles. The van der Waals surface area contributed by atoms with Crippen molar-refractivity contribution in [3.05, 3.63) is 64.9 Å². The topological polar surface area (TPSA) is 46.6 Å². The summed E-state index contributed by atoms with van der Waals surface area (Å²) in [7, 11) is -2.04. The van der Waals surface area contributed by atoms with Crippen LogP contribution in [0.1, 0.15) is 5.56 Å². The van der Waals surface area contributed by atoms with Gasteiger partial charge >= 0.3 is 0 Å². The first-order valence-corrected chi connectivity index (χ1v) is 9.99. The molecule has 126 valence electrons. The van der Waals surface area contributed by atoms with Gasteiger partial charge in [0.2, 0.25) is 10.0 Å². The lowest BCUT2D eigenvalue weighted by Crippen LogP contribution is -2.33. The lowest BCUT2D eigenvalue weighted by Gasteiger charge is -2.22. The number of hydrogen-bond donors (Lipinski definition) is 0. The Labute approximate surface area is 146 Å². The van der Waals surface area contributed by atoms with Gasteiger partial charge in [0.05, 0.1) is 11.5 Å². The number of sulfonamides is 1. The van der Waals surface area contributed by atoms with Gasteiger partial charge in [0, 0.05) is 25.6 Å². The molecule has 0 spiro atoms. The molecule has 0 amide bonds. The Bertz CT molecular complexity index is 900. The van der Waals surface area contributed by atoms with Crippen molar-refractivity contribution in [1.82, 2.24) is 4.31 Å². The second-order valence-electron chi connectivity index (χ2n) is 5.44. The van der Waals surface area contributed by atoms with Crippen LogP contribution in [0.5, 0.6) is 0 Å². The summed E-state index contributed by atoms with van der Waals surface area (Å²) in [6.07, 6.45) is 0. The van der Waals surface area contributed by atoms with Gasteiger partial charge in [-0.1, -0.05) is 36.4 Å². The first kappa shape index (κ1) is 17.1. The van der Waals surface area contributed by atoms with Crippen LogP contribution < -0.4 is 0 Å². The van der Waals surface area contributed by atoms with Crippen LogP contribution in [0, 0.1) is 0 Å². The van der Waals surface area contributed by atoms with E-state index in [2.05, 4.69) is 0 Å². The molecule has 0 N–H and O–H groups in total. The molecule has 0 aliphatic rings. The zero-order chi connectivity index (χ0) is 17.0. The predicted octanol–water partition coefficient (Wildman–Crippen LogP) is 3.74. The summed E-state index contributed by atoms with van der Waals surface area (Å²) in [5, 5.41) is 5.58. The number of fused-ring (bicyclic) bond motifs is 1. The van der Waals surface area contributed by atoms with Crippen LogP contribution in [0.25, 0.3) is 10.8 Å². The molecular weight excluding hydrogens is 342 g/mol. The summed E-state index contributed by atoms with van der Waals surface area (Å²) in [4.78, 5) is 0.340. The highest BCUT2D eigenvalue weighted by Crippen LogP contribution is 2.26. The normalized spacial score (nSPS) is 12.1. The first-order chi connectivity index (χ1) is 11.6. The van der Waals surface area contributed by atoms with Crippen LogP contribution in [0.4, 0.5) is 0 Å². The quantitative estimate of drug-likeness (QED) is 0.644. The highest BCUT2D eigenvalue weighted by atomic mass is 32.2. The molecule has 3 aromatic rings. The molecule has 2 aromatic carbocycles. The average Bonchev–Trinajstić information content (AvgIpc) is 3.11. The highest BCUT2D eigenvalue weighted by Gasteiger charge is 2.26. The Morgan fingerprint density at radius 3 is 2.62 bits per heavy atom. The Hall–Kier alpha value is -1.73. The second kappa shape index (κ2) is 7.44. The van der Waals surface area contributed by atoms with Gasteiger partial charge in [-0.05, 0) is 33.8 Å². The van der Waals surface area contributed by atoms with Gasteiger partial charge in [-0.2, -0.15) is 15.6 Å². The van der Waals surface area contributed by atoms with Crippen LogP contribution in [0.15, 0.2) is 64.2 Å². The third-order valence-corrected chi connectivity index (χ3v) is 6.49. The Kier molecular flexibility index (Phi) is 5.30. The molecule has 0 radical (unpaired) electrons. The summed E-state index contributed by atoms with van der Waals surface area (Å²) in [5.74, 6) is 0. The molecule has 0 fully saturated rings. The van der Waals surface area contributed by atoms with Gasteiger partial charge in [-0.15, -0.1) is 0 Å². The van der Waals surface area contributed by atoms with E-state index in [0.29, 0.717) is 24.6 Å². The maximum absolute atomic E-state index is 13.3. The first-order valence-electron chi connectivity index (χ1n) is 7.61. The van der Waals surface area contributed by atoms with Crippen LogP contribution in [0.2, 0.25) is 0 Å². The molecule has 0 saturated heterocycles. The van der Waals surface area contributed by atoms with Crippen LogP contribution in [0.3, 0.4) is 0 Å². The second-order valence-corrected chi connectivity index (χ2v) is 8.13. The van der Waals surface area contributed by atoms with Crippen LogP contribution in [-0.4, -0.2) is 33.0 Å². The Morgan fingerprint density at radius 1 is 1.08 bits per heavy atom. The molecule has 0 unspecified atom stereocenters. The molecule has 1 aromatic heterocycles. The third kappa shape index (κ3) is 3.52. The summed E-state index contributed by atoms with van der Waals surface area (Å²) in [6.45, 7) is 1.02. The fraction of sp³-hybridized carbons (Fsp3) is 0.222. The van der Waals surface area contributed by atoms with Crippen molar-refractivity contribution in [3.8, 4) is 0 Å². The lowest BCUT2D eigenvalue weighted by atomic mass is 10.1. The minimum atomic E-state index is -3.62. The summed E-state index contributed by atoms with van der Waals surface area (Å²) < 4.78 is 33.1. The van der Waals surface area contributed by atoms with E-state index in [9.17, 15) is 8.42 Å². The summed E-state index contributed by atoms with van der Waals surface area (Å²) in [6, 6.07) is 14.9. The van der Waals surface area contributed by atoms with E-state index in [-0.39, 0.29) is 0 Å². The molecule has 0 bridgehead atoms. The fourth-order valence-corrected chi connectivity index (χ4v) is 4.91. The molecule has 24 heavy (non-hydrogen) atoms. The summed E-state index contributed by atoms with van der Waals surface area (Å²) in [5.41, 5.74) is 0.986. The van der Waals surface area contributed by atoms with E-state index < -0.39 is 10.0 Å². The minimum Gasteiger partial charge on any atom is -0.383 e. The number of ether oxygens (including phenoxy) is 1. The van der Waals surface area contributed by atoms with Crippen molar-refractivity contribution in [2.45, 2.75) is 11.4 Å². The van der Waals surface area contributed by atoms with Crippen molar-refractivity contribution < 1.29 is 13.2 Å². The van der Waals surface area contributed by atoms with Crippen molar-refractivity contribution in [3.63, 3.8) is 0 Å². The van der Waals surface area contributed by atoms with Gasteiger partial charge in [-0.25, -0.2) is 8.42 Å². The lowest BCUT2D eigenvalue weighted by molar-refractivity contribution is 0.177. The maximum atomic E-state index is 13.3. The molecule has 0 atom stereocenters. The predicted molar refractivity (Wildman–Crippen MR) is 97.7 cm³/mol. The minimum absolute atomic E-state index is 0.317. The molecule has 1 heterocycles. The van der Waals surface area contributed by atoms with Crippen molar-refractivity contribution in [2.75, 3.05) is 20.3 Å². The smallest absolute Gasteiger partial charge is 0.244 e. The van der Waals surface area contributed by atoms with Gasteiger partial charge in [0.1, 0.15) is 0 Å². The zero-order valence-electron chi connectivity index (χ0n) is 13.4. The fourth-order valence-electron chi connectivity index (χ4n) is 2.62. The van der Waals surface area contributed by atoms with Gasteiger partial charge in [0.15, 0.2) is 0 Å². The molecule has 4 nitrogen and oxygen atoms in total. The molecule has 0 saturated carbocycles. The van der Waals surface area contributed by atoms with Gasteiger partial charge in [0.25, 0.3) is 0 Å². The van der Waals surface area contributed by atoms with E-state index in [1.165, 1.54) is 4.31 Å². The van der Waals surface area contributed by atoms with Crippen molar-refractivity contribution in [1.29, 1.82) is 0 Å². The molecular formula is C18H19NO3S2. The van der Waals surface area contributed by atoms with Crippen LogP contribution >= 0.6 is 11.3 Å².